The first-order chi connectivity index (χ1) is 10.3. The SMILES string of the molecule is CCOC(=O)c1cncc(CCCNC(=O)OC(C)(C)C)c1. The predicted octanol–water partition coefficient (Wildman–Crippen LogP) is 2.72. The van der Waals surface area contributed by atoms with Gasteiger partial charge in [0.2, 0.25) is 0 Å². The molecule has 0 atom stereocenters. The molecule has 1 aromatic rings. The Bertz CT molecular complexity index is 509. The molecule has 0 fully saturated rings. The van der Waals surface area contributed by atoms with Gasteiger partial charge in [0.25, 0.3) is 0 Å². The molecule has 0 bridgehead atoms. The highest BCUT2D eigenvalue weighted by Crippen LogP contribution is 2.08. The molecule has 6 nitrogen and oxygen atoms in total. The van der Waals surface area contributed by atoms with Crippen LogP contribution < -0.4 is 5.32 Å². The summed E-state index contributed by atoms with van der Waals surface area (Å²) in [5.41, 5.74) is 0.873. The van der Waals surface area contributed by atoms with Crippen molar-refractivity contribution in [1.29, 1.82) is 0 Å². The van der Waals surface area contributed by atoms with Crippen molar-refractivity contribution in [1.82, 2.24) is 10.3 Å². The molecule has 1 heterocycles. The third-order valence-electron chi connectivity index (χ3n) is 2.62. The molecule has 1 rings (SSSR count). The summed E-state index contributed by atoms with van der Waals surface area (Å²) in [6.07, 6.45) is 4.20. The first-order valence-corrected chi connectivity index (χ1v) is 7.39. The fourth-order valence-electron chi connectivity index (χ4n) is 1.75. The second kappa shape index (κ2) is 8.36. The Kier molecular flexibility index (Phi) is 6.82. The van der Waals surface area contributed by atoms with E-state index in [1.165, 1.54) is 6.20 Å². The summed E-state index contributed by atoms with van der Waals surface area (Å²) in [4.78, 5) is 27.1. The lowest BCUT2D eigenvalue weighted by Gasteiger charge is -2.19. The van der Waals surface area contributed by atoms with Crippen LogP contribution in [0.15, 0.2) is 18.5 Å². The summed E-state index contributed by atoms with van der Waals surface area (Å²) in [6.45, 7) is 8.05. The van der Waals surface area contributed by atoms with Gasteiger partial charge >= 0.3 is 12.1 Å². The van der Waals surface area contributed by atoms with E-state index in [1.807, 2.05) is 20.8 Å². The number of esters is 1. The minimum Gasteiger partial charge on any atom is -0.462 e. The van der Waals surface area contributed by atoms with Crippen molar-refractivity contribution in [3.63, 3.8) is 0 Å². The lowest BCUT2D eigenvalue weighted by molar-refractivity contribution is 0.0516. The number of alkyl carbamates (subject to hydrolysis) is 1. The second-order valence-electron chi connectivity index (χ2n) is 5.83. The van der Waals surface area contributed by atoms with Gasteiger partial charge in [-0.15, -0.1) is 0 Å². The maximum absolute atomic E-state index is 11.6. The zero-order valence-electron chi connectivity index (χ0n) is 13.6. The number of hydrogen-bond donors (Lipinski definition) is 1. The van der Waals surface area contributed by atoms with Gasteiger partial charge in [0.1, 0.15) is 5.60 Å². The zero-order chi connectivity index (χ0) is 16.6. The van der Waals surface area contributed by atoms with E-state index in [9.17, 15) is 9.59 Å². The molecule has 0 saturated heterocycles. The average Bonchev–Trinajstić information content (AvgIpc) is 2.42. The van der Waals surface area contributed by atoms with Crippen LogP contribution in [0.4, 0.5) is 4.79 Å². The first-order valence-electron chi connectivity index (χ1n) is 7.39. The van der Waals surface area contributed by atoms with Crippen LogP contribution in [0.25, 0.3) is 0 Å². The summed E-state index contributed by atoms with van der Waals surface area (Å²) in [5, 5.41) is 2.69. The molecule has 1 amide bonds. The van der Waals surface area contributed by atoms with Gasteiger partial charge in [-0.2, -0.15) is 0 Å². The zero-order valence-corrected chi connectivity index (χ0v) is 13.6. The molecule has 1 aromatic heterocycles. The number of ether oxygens (including phenoxy) is 2. The van der Waals surface area contributed by atoms with Crippen molar-refractivity contribution >= 4 is 12.1 Å². The minimum atomic E-state index is -0.498. The van der Waals surface area contributed by atoms with Crippen molar-refractivity contribution in [3.8, 4) is 0 Å². The van der Waals surface area contributed by atoms with Gasteiger partial charge in [-0.25, -0.2) is 9.59 Å². The van der Waals surface area contributed by atoms with E-state index in [2.05, 4.69) is 10.3 Å². The summed E-state index contributed by atoms with van der Waals surface area (Å²) >= 11 is 0. The molecule has 0 saturated carbocycles. The smallest absolute Gasteiger partial charge is 0.407 e. The number of aromatic nitrogens is 1. The summed E-state index contributed by atoms with van der Waals surface area (Å²) < 4.78 is 10.1. The molecule has 22 heavy (non-hydrogen) atoms. The Labute approximate surface area is 131 Å². The Hall–Kier alpha value is -2.11. The van der Waals surface area contributed by atoms with E-state index in [1.54, 1.807) is 19.2 Å². The van der Waals surface area contributed by atoms with Crippen LogP contribution in [0.1, 0.15) is 50.0 Å². The molecule has 6 heteroatoms. The number of aryl methyl sites for hydroxylation is 1. The Morgan fingerprint density at radius 2 is 2.00 bits per heavy atom. The van der Waals surface area contributed by atoms with Gasteiger partial charge in [-0.1, -0.05) is 0 Å². The first kappa shape index (κ1) is 17.9. The maximum Gasteiger partial charge on any atom is 0.407 e. The van der Waals surface area contributed by atoms with Gasteiger partial charge in [0, 0.05) is 18.9 Å². The minimum absolute atomic E-state index is 0.336. The number of amides is 1. The number of pyridine rings is 1. The van der Waals surface area contributed by atoms with Crippen LogP contribution in [0.2, 0.25) is 0 Å². The maximum atomic E-state index is 11.6. The molecule has 0 unspecified atom stereocenters. The lowest BCUT2D eigenvalue weighted by Crippen LogP contribution is -2.33. The lowest BCUT2D eigenvalue weighted by atomic mass is 10.1. The van der Waals surface area contributed by atoms with Crippen LogP contribution in [0, 0.1) is 0 Å². The highest BCUT2D eigenvalue weighted by atomic mass is 16.6. The molecule has 0 aromatic carbocycles. The van der Waals surface area contributed by atoms with Crippen LogP contribution in [-0.4, -0.2) is 35.8 Å². The Morgan fingerprint density at radius 1 is 1.27 bits per heavy atom. The topological polar surface area (TPSA) is 77.5 Å². The Balaban J connectivity index is 2.38. The Morgan fingerprint density at radius 3 is 2.64 bits per heavy atom. The van der Waals surface area contributed by atoms with E-state index in [4.69, 9.17) is 9.47 Å². The number of rotatable bonds is 6. The number of nitrogens with one attached hydrogen (secondary N) is 1. The van der Waals surface area contributed by atoms with Crippen LogP contribution in [-0.2, 0) is 15.9 Å². The quantitative estimate of drug-likeness (QED) is 0.646. The van der Waals surface area contributed by atoms with E-state index in [-0.39, 0.29) is 5.97 Å². The number of carbonyl (C=O) groups excluding carboxylic acids is 2. The molecular weight excluding hydrogens is 284 g/mol. The third kappa shape index (κ3) is 7.06. The highest BCUT2D eigenvalue weighted by molar-refractivity contribution is 5.89. The van der Waals surface area contributed by atoms with Crippen molar-refractivity contribution in [3.05, 3.63) is 29.6 Å². The number of nitrogens with zero attached hydrogens (tertiary/aromatic N) is 1. The van der Waals surface area contributed by atoms with Gasteiger partial charge < -0.3 is 14.8 Å². The van der Waals surface area contributed by atoms with Crippen molar-refractivity contribution in [2.24, 2.45) is 0 Å². The second-order valence-corrected chi connectivity index (χ2v) is 5.83. The molecule has 0 aliphatic carbocycles. The van der Waals surface area contributed by atoms with Gasteiger partial charge in [-0.05, 0) is 52.2 Å². The normalized spacial score (nSPS) is 10.9. The average molecular weight is 308 g/mol. The van der Waals surface area contributed by atoms with Gasteiger partial charge in [-0.3, -0.25) is 4.98 Å². The standard InChI is InChI=1S/C16H24N2O4/c1-5-21-14(19)13-9-12(10-17-11-13)7-6-8-18-15(20)22-16(2,3)4/h9-11H,5-8H2,1-4H3,(H,18,20). The molecule has 0 radical (unpaired) electrons. The molecule has 0 spiro atoms. The largest absolute Gasteiger partial charge is 0.462 e. The summed E-state index contributed by atoms with van der Waals surface area (Å²) in [6, 6.07) is 1.76. The number of hydrogen-bond acceptors (Lipinski definition) is 5. The number of carbonyl (C=O) groups is 2. The molecule has 0 aliphatic rings. The van der Waals surface area contributed by atoms with Crippen LogP contribution in [0.3, 0.4) is 0 Å². The van der Waals surface area contributed by atoms with E-state index in [0.717, 1.165) is 12.0 Å². The van der Waals surface area contributed by atoms with Gasteiger partial charge in [0.05, 0.1) is 12.2 Å². The molecular formula is C16H24N2O4. The monoisotopic (exact) mass is 308 g/mol. The van der Waals surface area contributed by atoms with Crippen LogP contribution in [0.5, 0.6) is 0 Å². The predicted molar refractivity (Wildman–Crippen MR) is 82.8 cm³/mol. The van der Waals surface area contributed by atoms with E-state index >= 15 is 0 Å². The molecule has 122 valence electrons. The summed E-state index contributed by atoms with van der Waals surface area (Å²) in [7, 11) is 0. The third-order valence-corrected chi connectivity index (χ3v) is 2.62. The van der Waals surface area contributed by atoms with Gasteiger partial charge in [0.15, 0.2) is 0 Å². The molecule has 0 aliphatic heterocycles. The van der Waals surface area contributed by atoms with Crippen molar-refractivity contribution in [2.45, 2.75) is 46.1 Å². The fourth-order valence-corrected chi connectivity index (χ4v) is 1.75. The van der Waals surface area contributed by atoms with Crippen molar-refractivity contribution < 1.29 is 19.1 Å². The van der Waals surface area contributed by atoms with Crippen molar-refractivity contribution in [2.75, 3.05) is 13.2 Å². The molecule has 1 N–H and O–H groups in total. The highest BCUT2D eigenvalue weighted by Gasteiger charge is 2.15. The van der Waals surface area contributed by atoms with E-state index < -0.39 is 11.7 Å². The van der Waals surface area contributed by atoms with Crippen LogP contribution >= 0.6 is 0 Å². The fraction of sp³-hybridized carbons (Fsp3) is 0.562. The van der Waals surface area contributed by atoms with E-state index in [0.29, 0.717) is 25.1 Å². The summed E-state index contributed by atoms with van der Waals surface area (Å²) in [5.74, 6) is -0.372.